The van der Waals surface area contributed by atoms with E-state index in [4.69, 9.17) is 10.2 Å². The molecule has 13 heteroatoms. The number of anilines is 1. The second-order valence-electron chi connectivity index (χ2n) is 11.8. The van der Waals surface area contributed by atoms with Crippen LogP contribution in [0.4, 0.5) is 10.1 Å². The van der Waals surface area contributed by atoms with E-state index in [1.165, 1.54) is 28.8 Å². The SMILES string of the molecule is CN(C)c1cc2nc(SCc3ccc(F)cc3)oc2c2c1C[C@H]1C[C@H]3[C@H](N(C)C)C(O)=C(C(N)=O)C(=O)C3(O)C(O)=C1C2=O. The van der Waals surface area contributed by atoms with Crippen LogP contribution in [0.25, 0.3) is 11.1 Å². The monoisotopic (exact) mass is 622 g/mol. The number of thioether (sulfide) groups is 1. The molecule has 3 aliphatic rings. The van der Waals surface area contributed by atoms with Crippen LogP contribution in [0.3, 0.4) is 0 Å². The minimum absolute atomic E-state index is 0.0475. The summed E-state index contributed by atoms with van der Waals surface area (Å²) in [4.78, 5) is 48.1. The van der Waals surface area contributed by atoms with Crippen molar-refractivity contribution in [3.8, 4) is 0 Å². The molecular weight excluding hydrogens is 591 g/mol. The molecule has 44 heavy (non-hydrogen) atoms. The van der Waals surface area contributed by atoms with E-state index in [0.717, 1.165) is 5.56 Å². The summed E-state index contributed by atoms with van der Waals surface area (Å²) in [5.41, 5.74) is 4.77. The second-order valence-corrected chi connectivity index (χ2v) is 12.8. The number of benzene rings is 2. The number of aliphatic hydroxyl groups is 3. The standard InChI is InChI=1S/C31H31FN4O7S/c1-35(2)19-11-18-26(43-30(34-18)44-12-13-5-7-15(32)8-6-13)21-16(19)9-14-10-17-23(36(3)4)25(38)22(29(33)41)28(40)31(17,42)27(39)20(14)24(21)37/h5-8,11,14,17,23,38-39,42H,9-10,12H2,1-4H3,(H2,33,41)/t14-,17-,23-,31?/m0/s1. The van der Waals surface area contributed by atoms with Crippen molar-refractivity contribution in [2.75, 3.05) is 33.1 Å². The van der Waals surface area contributed by atoms with Gasteiger partial charge >= 0.3 is 0 Å². The summed E-state index contributed by atoms with van der Waals surface area (Å²) in [6.07, 6.45) is 0.308. The number of nitrogens with zero attached hydrogens (tertiary/aromatic N) is 3. The number of likely N-dealkylation sites (N-methyl/N-ethyl adjacent to an activating group) is 1. The number of rotatable bonds is 6. The predicted octanol–water partition coefficient (Wildman–Crippen LogP) is 3.05. The maximum Gasteiger partial charge on any atom is 0.257 e. The van der Waals surface area contributed by atoms with Gasteiger partial charge in [-0.15, -0.1) is 0 Å². The number of carbonyl (C=O) groups is 3. The Morgan fingerprint density at radius 3 is 2.48 bits per heavy atom. The van der Waals surface area contributed by atoms with Crippen molar-refractivity contribution < 1.29 is 38.5 Å². The highest BCUT2D eigenvalue weighted by molar-refractivity contribution is 7.98. The predicted molar refractivity (Wildman–Crippen MR) is 160 cm³/mol. The van der Waals surface area contributed by atoms with Gasteiger partial charge in [0.1, 0.15) is 28.4 Å². The molecule has 5 N–H and O–H groups in total. The maximum atomic E-state index is 14.3. The third-order valence-corrected chi connectivity index (χ3v) is 9.72. The van der Waals surface area contributed by atoms with Gasteiger partial charge in [-0.2, -0.15) is 0 Å². The Morgan fingerprint density at radius 2 is 1.86 bits per heavy atom. The summed E-state index contributed by atoms with van der Waals surface area (Å²) in [5, 5.41) is 34.7. The number of aromatic nitrogens is 1. The molecule has 0 spiro atoms. The minimum atomic E-state index is -2.67. The van der Waals surface area contributed by atoms with E-state index in [0.29, 0.717) is 22.5 Å². The first-order valence-electron chi connectivity index (χ1n) is 13.9. The zero-order valence-corrected chi connectivity index (χ0v) is 25.2. The van der Waals surface area contributed by atoms with Crippen molar-refractivity contribution in [2.24, 2.45) is 17.6 Å². The van der Waals surface area contributed by atoms with Crippen LogP contribution >= 0.6 is 11.8 Å². The Balaban J connectivity index is 1.49. The number of oxazole rings is 1. The third-order valence-electron chi connectivity index (χ3n) is 8.82. The first kappa shape index (κ1) is 29.9. The summed E-state index contributed by atoms with van der Waals surface area (Å²) in [7, 11) is 6.86. The molecule has 1 amide bonds. The Morgan fingerprint density at radius 1 is 1.18 bits per heavy atom. The first-order valence-corrected chi connectivity index (χ1v) is 14.9. The number of nitrogens with two attached hydrogens (primary N) is 1. The molecule has 0 aliphatic heterocycles. The van der Waals surface area contributed by atoms with Crippen LogP contribution in [0.1, 0.15) is 27.9 Å². The number of hydrogen-bond acceptors (Lipinski definition) is 11. The molecule has 0 fully saturated rings. The Labute approximate surface area is 255 Å². The summed E-state index contributed by atoms with van der Waals surface area (Å²) >= 11 is 1.27. The first-order chi connectivity index (χ1) is 20.7. The molecule has 230 valence electrons. The van der Waals surface area contributed by atoms with Crippen LogP contribution in [0, 0.1) is 17.7 Å². The van der Waals surface area contributed by atoms with E-state index >= 15 is 0 Å². The van der Waals surface area contributed by atoms with Gasteiger partial charge in [0.05, 0.1) is 11.6 Å². The lowest BCUT2D eigenvalue weighted by atomic mass is 9.58. The van der Waals surface area contributed by atoms with E-state index in [9.17, 15) is 34.1 Å². The van der Waals surface area contributed by atoms with Crippen molar-refractivity contribution >= 4 is 46.0 Å². The van der Waals surface area contributed by atoms with Gasteiger partial charge in [-0.3, -0.25) is 19.3 Å². The molecule has 2 aromatic carbocycles. The van der Waals surface area contributed by atoms with Gasteiger partial charge in [-0.25, -0.2) is 9.37 Å². The number of hydrogen-bond donors (Lipinski definition) is 4. The Hall–Kier alpha value is -4.20. The lowest BCUT2D eigenvalue weighted by Gasteiger charge is -2.50. The van der Waals surface area contributed by atoms with Crippen LogP contribution in [-0.4, -0.2) is 82.5 Å². The van der Waals surface area contributed by atoms with Crippen LogP contribution in [0.15, 0.2) is 62.6 Å². The molecule has 4 atom stereocenters. The summed E-state index contributed by atoms with van der Waals surface area (Å²) in [5.74, 6) is -6.18. The van der Waals surface area contributed by atoms with Gasteiger partial charge in [0.15, 0.2) is 17.0 Å². The highest BCUT2D eigenvalue weighted by Crippen LogP contribution is 2.53. The normalized spacial score (nSPS) is 24.9. The van der Waals surface area contributed by atoms with Crippen molar-refractivity contribution in [1.82, 2.24) is 9.88 Å². The largest absolute Gasteiger partial charge is 0.510 e. The Bertz CT molecular complexity index is 1810. The minimum Gasteiger partial charge on any atom is -0.510 e. The van der Waals surface area contributed by atoms with Gasteiger partial charge in [0.2, 0.25) is 5.78 Å². The summed E-state index contributed by atoms with van der Waals surface area (Å²) in [6.45, 7) is 0. The maximum absolute atomic E-state index is 14.3. The van der Waals surface area contributed by atoms with Crippen LogP contribution in [-0.2, 0) is 21.8 Å². The number of fused-ring (bicyclic) bond motifs is 5. The van der Waals surface area contributed by atoms with Gasteiger partial charge in [0.25, 0.3) is 11.1 Å². The molecule has 0 saturated carbocycles. The molecule has 0 radical (unpaired) electrons. The fourth-order valence-corrected chi connectivity index (χ4v) is 7.64. The van der Waals surface area contributed by atoms with E-state index in [-0.39, 0.29) is 40.6 Å². The van der Waals surface area contributed by atoms with Gasteiger partial charge in [-0.05, 0) is 62.2 Å². The molecule has 6 rings (SSSR count). The Kier molecular flexibility index (Phi) is 7.10. The molecule has 1 unspecified atom stereocenters. The van der Waals surface area contributed by atoms with Crippen molar-refractivity contribution in [3.05, 3.63) is 75.5 Å². The fraction of sp³-hybridized carbons (Fsp3) is 0.355. The van der Waals surface area contributed by atoms with Gasteiger partial charge in [0, 0.05) is 37.0 Å². The van der Waals surface area contributed by atoms with Crippen molar-refractivity contribution in [2.45, 2.75) is 35.5 Å². The van der Waals surface area contributed by atoms with Gasteiger partial charge in [-0.1, -0.05) is 23.9 Å². The number of carbonyl (C=O) groups excluding carboxylic acids is 3. The molecular formula is C31H31FN4O7S. The molecule has 0 saturated heterocycles. The third kappa shape index (κ3) is 4.32. The zero-order chi connectivity index (χ0) is 31.8. The summed E-state index contributed by atoms with van der Waals surface area (Å²) in [6, 6.07) is 6.82. The molecule has 3 aliphatic carbocycles. The number of amides is 1. The van der Waals surface area contributed by atoms with Crippen LogP contribution in [0.2, 0.25) is 0 Å². The van der Waals surface area contributed by atoms with Crippen molar-refractivity contribution in [3.63, 3.8) is 0 Å². The molecule has 3 aromatic rings. The molecule has 1 heterocycles. The topological polar surface area (TPSA) is 170 Å². The fourth-order valence-electron chi connectivity index (χ4n) is 6.85. The molecule has 11 nitrogen and oxygen atoms in total. The molecule has 0 bridgehead atoms. The van der Waals surface area contributed by atoms with E-state index in [2.05, 4.69) is 4.98 Å². The summed E-state index contributed by atoms with van der Waals surface area (Å²) < 4.78 is 19.4. The highest BCUT2D eigenvalue weighted by Gasteiger charge is 2.63. The number of Topliss-reactive ketones (excluding diaryl/α,β-unsaturated/α-hetero) is 2. The van der Waals surface area contributed by atoms with Crippen molar-refractivity contribution in [1.29, 1.82) is 0 Å². The highest BCUT2D eigenvalue weighted by atomic mass is 32.2. The number of aliphatic hydroxyl groups excluding tert-OH is 2. The van der Waals surface area contributed by atoms with Crippen LogP contribution < -0.4 is 10.6 Å². The van der Waals surface area contributed by atoms with Crippen LogP contribution in [0.5, 0.6) is 0 Å². The second kappa shape index (κ2) is 10.5. The average molecular weight is 623 g/mol. The van der Waals surface area contributed by atoms with Gasteiger partial charge < -0.3 is 30.4 Å². The lowest BCUT2D eigenvalue weighted by Crippen LogP contribution is -2.63. The number of allylic oxidation sites excluding steroid dienone is 1. The smallest absolute Gasteiger partial charge is 0.257 e. The number of primary amides is 1. The molecule has 1 aromatic heterocycles. The van der Waals surface area contributed by atoms with E-state index < -0.39 is 58.0 Å². The number of ketones is 2. The van der Waals surface area contributed by atoms with E-state index in [1.54, 1.807) is 26.2 Å². The van der Waals surface area contributed by atoms with E-state index in [1.807, 2.05) is 25.1 Å². The quantitative estimate of drug-likeness (QED) is 0.235. The average Bonchev–Trinajstić information content (AvgIpc) is 3.36. The number of halogens is 1. The lowest BCUT2D eigenvalue weighted by molar-refractivity contribution is -0.148. The zero-order valence-electron chi connectivity index (χ0n) is 24.4.